The number of anilines is 1. The van der Waals surface area contributed by atoms with Crippen molar-refractivity contribution in [2.45, 2.75) is 13.3 Å². The smallest absolute Gasteiger partial charge is 0.238 e. The molecule has 29 heavy (non-hydrogen) atoms. The molecule has 0 atom stereocenters. The quantitative estimate of drug-likeness (QED) is 0.811. The molecular weight excluding hydrogens is 373 g/mol. The van der Waals surface area contributed by atoms with Crippen molar-refractivity contribution in [3.05, 3.63) is 59.4 Å². The van der Waals surface area contributed by atoms with Crippen LogP contribution in [0.3, 0.4) is 0 Å². The van der Waals surface area contributed by atoms with Crippen LogP contribution in [0.15, 0.2) is 42.5 Å². The monoisotopic (exact) mass is 399 g/mol. The number of ether oxygens (including phenoxy) is 1. The van der Waals surface area contributed by atoms with Gasteiger partial charge in [0.05, 0.1) is 20.1 Å². The zero-order valence-corrected chi connectivity index (χ0v) is 16.8. The van der Waals surface area contributed by atoms with Crippen molar-refractivity contribution < 1.29 is 18.7 Å². The molecule has 0 radical (unpaired) electrons. The highest BCUT2D eigenvalue weighted by Crippen LogP contribution is 2.20. The Kier molecular flexibility index (Phi) is 6.82. The molecule has 1 fully saturated rings. The third-order valence-electron chi connectivity index (χ3n) is 5.03. The van der Waals surface area contributed by atoms with Gasteiger partial charge in [0, 0.05) is 31.9 Å². The van der Waals surface area contributed by atoms with Gasteiger partial charge in [-0.1, -0.05) is 18.2 Å². The normalized spacial score (nSPS) is 14.5. The Hall–Kier alpha value is -2.93. The van der Waals surface area contributed by atoms with Crippen LogP contribution in [-0.4, -0.2) is 61.4 Å². The Morgan fingerprint density at radius 3 is 2.55 bits per heavy atom. The molecule has 1 N–H and O–H groups in total. The number of benzene rings is 2. The highest BCUT2D eigenvalue weighted by molar-refractivity contribution is 5.92. The summed E-state index contributed by atoms with van der Waals surface area (Å²) in [5.74, 6) is 0.271. The van der Waals surface area contributed by atoms with Crippen LogP contribution in [0, 0.1) is 12.7 Å². The lowest BCUT2D eigenvalue weighted by molar-refractivity contribution is -0.132. The number of hydrogen-bond donors (Lipinski definition) is 1. The molecule has 154 valence electrons. The lowest BCUT2D eigenvalue weighted by atomic mass is 10.1. The summed E-state index contributed by atoms with van der Waals surface area (Å²) in [5.41, 5.74) is 2.40. The molecule has 0 saturated carbocycles. The van der Waals surface area contributed by atoms with Gasteiger partial charge in [0.1, 0.15) is 11.6 Å². The molecule has 0 spiro atoms. The predicted octanol–water partition coefficient (Wildman–Crippen LogP) is 2.47. The van der Waals surface area contributed by atoms with Crippen LogP contribution < -0.4 is 10.1 Å². The van der Waals surface area contributed by atoms with Gasteiger partial charge in [-0.2, -0.15) is 0 Å². The number of carbonyl (C=O) groups is 2. The first-order valence-corrected chi connectivity index (χ1v) is 9.63. The van der Waals surface area contributed by atoms with Crippen LogP contribution in [-0.2, 0) is 16.0 Å². The van der Waals surface area contributed by atoms with E-state index in [1.807, 2.05) is 34.9 Å². The SMILES string of the molecule is COc1cc(CC(=O)N2CCN(CC(=O)Nc3cccc(F)c3)CC2)ccc1C. The van der Waals surface area contributed by atoms with E-state index in [1.54, 1.807) is 19.2 Å². The number of amides is 2. The molecule has 1 heterocycles. The first-order valence-electron chi connectivity index (χ1n) is 9.63. The number of halogens is 1. The second kappa shape index (κ2) is 9.52. The largest absolute Gasteiger partial charge is 0.496 e. The van der Waals surface area contributed by atoms with E-state index in [4.69, 9.17) is 4.74 Å². The van der Waals surface area contributed by atoms with Gasteiger partial charge in [0.2, 0.25) is 11.8 Å². The molecular formula is C22H26FN3O3. The first-order chi connectivity index (χ1) is 13.9. The summed E-state index contributed by atoms with van der Waals surface area (Å²) in [4.78, 5) is 28.6. The van der Waals surface area contributed by atoms with Crippen LogP contribution in [0.1, 0.15) is 11.1 Å². The Bertz CT molecular complexity index is 879. The van der Waals surface area contributed by atoms with Gasteiger partial charge in [0.15, 0.2) is 0 Å². The fourth-order valence-corrected chi connectivity index (χ4v) is 3.39. The Morgan fingerprint density at radius 1 is 1.10 bits per heavy atom. The van der Waals surface area contributed by atoms with E-state index in [0.717, 1.165) is 16.9 Å². The summed E-state index contributed by atoms with van der Waals surface area (Å²) in [6.45, 7) is 4.59. The Balaban J connectivity index is 1.46. The Labute approximate surface area is 170 Å². The lowest BCUT2D eigenvalue weighted by Gasteiger charge is -2.34. The van der Waals surface area contributed by atoms with Crippen LogP contribution >= 0.6 is 0 Å². The average Bonchev–Trinajstić information content (AvgIpc) is 2.70. The fourth-order valence-electron chi connectivity index (χ4n) is 3.39. The maximum atomic E-state index is 13.2. The molecule has 2 aromatic carbocycles. The minimum absolute atomic E-state index is 0.0692. The molecule has 1 aliphatic rings. The highest BCUT2D eigenvalue weighted by Gasteiger charge is 2.22. The molecule has 0 unspecified atom stereocenters. The van der Waals surface area contributed by atoms with Gasteiger partial charge in [-0.15, -0.1) is 0 Å². The van der Waals surface area contributed by atoms with E-state index < -0.39 is 0 Å². The summed E-state index contributed by atoms with van der Waals surface area (Å²) < 4.78 is 18.5. The number of nitrogens with one attached hydrogen (secondary N) is 1. The van der Waals surface area contributed by atoms with E-state index in [-0.39, 0.29) is 24.2 Å². The molecule has 0 bridgehead atoms. The van der Waals surface area contributed by atoms with Crippen molar-refractivity contribution >= 4 is 17.5 Å². The highest BCUT2D eigenvalue weighted by atomic mass is 19.1. The molecule has 0 aliphatic carbocycles. The lowest BCUT2D eigenvalue weighted by Crippen LogP contribution is -2.50. The van der Waals surface area contributed by atoms with E-state index >= 15 is 0 Å². The zero-order valence-electron chi connectivity index (χ0n) is 16.8. The van der Waals surface area contributed by atoms with Crippen LogP contribution in [0.4, 0.5) is 10.1 Å². The van der Waals surface area contributed by atoms with E-state index in [9.17, 15) is 14.0 Å². The van der Waals surface area contributed by atoms with Crippen molar-refractivity contribution in [1.82, 2.24) is 9.80 Å². The number of carbonyl (C=O) groups excluding carboxylic acids is 2. The summed E-state index contributed by atoms with van der Waals surface area (Å²) in [5, 5.41) is 2.70. The van der Waals surface area contributed by atoms with Crippen LogP contribution in [0.5, 0.6) is 5.75 Å². The van der Waals surface area contributed by atoms with Gasteiger partial charge >= 0.3 is 0 Å². The minimum Gasteiger partial charge on any atom is -0.496 e. The topological polar surface area (TPSA) is 61.9 Å². The number of hydrogen-bond acceptors (Lipinski definition) is 4. The number of methoxy groups -OCH3 is 1. The maximum absolute atomic E-state index is 13.2. The summed E-state index contributed by atoms with van der Waals surface area (Å²) >= 11 is 0. The standard InChI is InChI=1S/C22H26FN3O3/c1-16-6-7-17(12-20(16)29-2)13-22(28)26-10-8-25(9-11-26)15-21(27)24-19-5-3-4-18(23)14-19/h3-7,12,14H,8-11,13,15H2,1-2H3,(H,24,27). The molecule has 1 aliphatic heterocycles. The number of aryl methyl sites for hydroxylation is 1. The zero-order chi connectivity index (χ0) is 20.8. The second-order valence-corrected chi connectivity index (χ2v) is 7.20. The van der Waals surface area contributed by atoms with Crippen molar-refractivity contribution in [1.29, 1.82) is 0 Å². The van der Waals surface area contributed by atoms with Gasteiger partial charge < -0.3 is 15.0 Å². The van der Waals surface area contributed by atoms with Crippen LogP contribution in [0.2, 0.25) is 0 Å². The summed E-state index contributed by atoms with van der Waals surface area (Å²) in [6.07, 6.45) is 0.330. The number of rotatable bonds is 6. The van der Waals surface area contributed by atoms with Crippen molar-refractivity contribution in [2.75, 3.05) is 45.2 Å². The minimum atomic E-state index is -0.388. The molecule has 7 heteroatoms. The molecule has 1 saturated heterocycles. The van der Waals surface area contributed by atoms with Gasteiger partial charge in [0.25, 0.3) is 0 Å². The van der Waals surface area contributed by atoms with Gasteiger partial charge in [-0.3, -0.25) is 14.5 Å². The third-order valence-corrected chi connectivity index (χ3v) is 5.03. The molecule has 0 aromatic heterocycles. The fraction of sp³-hybridized carbons (Fsp3) is 0.364. The summed E-state index contributed by atoms with van der Waals surface area (Å²) in [7, 11) is 1.62. The van der Waals surface area contributed by atoms with Gasteiger partial charge in [-0.25, -0.2) is 4.39 Å². The molecule has 2 amide bonds. The van der Waals surface area contributed by atoms with Crippen LogP contribution in [0.25, 0.3) is 0 Å². The molecule has 2 aromatic rings. The Morgan fingerprint density at radius 2 is 1.86 bits per heavy atom. The van der Waals surface area contributed by atoms with Crippen molar-refractivity contribution in [3.63, 3.8) is 0 Å². The maximum Gasteiger partial charge on any atom is 0.238 e. The first kappa shape index (κ1) is 20.8. The van der Waals surface area contributed by atoms with Crippen molar-refractivity contribution in [3.8, 4) is 5.75 Å². The van der Waals surface area contributed by atoms with Gasteiger partial charge in [-0.05, 0) is 42.3 Å². The molecule has 6 nitrogen and oxygen atoms in total. The van der Waals surface area contributed by atoms with E-state index in [1.165, 1.54) is 12.1 Å². The van der Waals surface area contributed by atoms with E-state index in [2.05, 4.69) is 5.32 Å². The summed E-state index contributed by atoms with van der Waals surface area (Å²) in [6, 6.07) is 11.6. The number of nitrogens with zero attached hydrogens (tertiary/aromatic N) is 2. The third kappa shape index (κ3) is 5.77. The predicted molar refractivity (Wildman–Crippen MR) is 109 cm³/mol. The number of piperazine rings is 1. The average molecular weight is 399 g/mol. The van der Waals surface area contributed by atoms with E-state index in [0.29, 0.717) is 38.3 Å². The van der Waals surface area contributed by atoms with Crippen molar-refractivity contribution in [2.24, 2.45) is 0 Å². The molecule has 3 rings (SSSR count). The second-order valence-electron chi connectivity index (χ2n) is 7.20.